The molecule has 0 bridgehead atoms. The summed E-state index contributed by atoms with van der Waals surface area (Å²) in [6.45, 7) is 0. The SMILES string of the molecule is COc1ccncc1-c1cc(N)c2cnc(NC=O)cc2c1. The first-order valence-electron chi connectivity index (χ1n) is 6.61. The van der Waals surface area contributed by atoms with E-state index in [4.69, 9.17) is 10.5 Å². The van der Waals surface area contributed by atoms with Gasteiger partial charge < -0.3 is 15.8 Å². The normalized spacial score (nSPS) is 10.4. The molecule has 0 aliphatic heterocycles. The summed E-state index contributed by atoms with van der Waals surface area (Å²) in [5, 5.41) is 4.23. The van der Waals surface area contributed by atoms with E-state index in [1.165, 1.54) is 0 Å². The Bertz CT molecular complexity index is 849. The standard InChI is InChI=1S/C16H14N4O2/c1-22-15-2-3-18-7-13(15)10-4-11-6-16(20-9-21)19-8-12(11)14(17)5-10/h2-9H,17H2,1H3,(H,19,20,21). The Morgan fingerprint density at radius 1 is 1.27 bits per heavy atom. The minimum atomic E-state index is 0.470. The molecule has 0 fully saturated rings. The maximum Gasteiger partial charge on any atom is 0.212 e. The summed E-state index contributed by atoms with van der Waals surface area (Å²) < 4.78 is 5.36. The third kappa shape index (κ3) is 2.42. The lowest BCUT2D eigenvalue weighted by molar-refractivity contribution is -0.105. The number of nitrogens with one attached hydrogen (secondary N) is 1. The van der Waals surface area contributed by atoms with Crippen molar-refractivity contribution in [3.05, 3.63) is 42.9 Å². The lowest BCUT2D eigenvalue weighted by Crippen LogP contribution is -1.97. The van der Waals surface area contributed by atoms with Crippen LogP contribution < -0.4 is 15.8 Å². The molecule has 0 saturated heterocycles. The molecule has 0 saturated carbocycles. The number of carbonyl (C=O) groups is 1. The van der Waals surface area contributed by atoms with Gasteiger partial charge in [-0.25, -0.2) is 4.98 Å². The van der Waals surface area contributed by atoms with E-state index in [0.717, 1.165) is 21.9 Å². The summed E-state index contributed by atoms with van der Waals surface area (Å²) >= 11 is 0. The molecule has 110 valence electrons. The summed E-state index contributed by atoms with van der Waals surface area (Å²) in [5.41, 5.74) is 8.45. The molecule has 2 aromatic heterocycles. The highest BCUT2D eigenvalue weighted by molar-refractivity contribution is 5.98. The van der Waals surface area contributed by atoms with Crippen molar-refractivity contribution in [2.45, 2.75) is 0 Å². The van der Waals surface area contributed by atoms with Crippen molar-refractivity contribution in [3.63, 3.8) is 0 Å². The molecule has 0 aliphatic rings. The van der Waals surface area contributed by atoms with Crippen molar-refractivity contribution < 1.29 is 9.53 Å². The van der Waals surface area contributed by atoms with E-state index in [0.29, 0.717) is 23.7 Å². The molecule has 0 unspecified atom stereocenters. The zero-order valence-electron chi connectivity index (χ0n) is 11.9. The van der Waals surface area contributed by atoms with Gasteiger partial charge in [0.2, 0.25) is 6.41 Å². The van der Waals surface area contributed by atoms with Gasteiger partial charge in [0.1, 0.15) is 11.6 Å². The Labute approximate surface area is 127 Å². The van der Waals surface area contributed by atoms with Gasteiger partial charge in [-0.2, -0.15) is 0 Å². The van der Waals surface area contributed by atoms with E-state index in [2.05, 4.69) is 15.3 Å². The molecule has 0 atom stereocenters. The first-order valence-corrected chi connectivity index (χ1v) is 6.61. The van der Waals surface area contributed by atoms with Crippen LogP contribution in [0.1, 0.15) is 0 Å². The van der Waals surface area contributed by atoms with Crippen molar-refractivity contribution >= 4 is 28.7 Å². The van der Waals surface area contributed by atoms with E-state index in [1.54, 1.807) is 37.8 Å². The lowest BCUT2D eigenvalue weighted by Gasteiger charge is -2.11. The van der Waals surface area contributed by atoms with Crippen LogP contribution >= 0.6 is 0 Å². The molecule has 3 rings (SSSR count). The highest BCUT2D eigenvalue weighted by atomic mass is 16.5. The van der Waals surface area contributed by atoms with Crippen molar-refractivity contribution in [1.82, 2.24) is 9.97 Å². The number of carbonyl (C=O) groups excluding carboxylic acids is 1. The molecule has 3 aromatic rings. The van der Waals surface area contributed by atoms with Gasteiger partial charge in [0, 0.05) is 35.2 Å². The van der Waals surface area contributed by atoms with Crippen LogP contribution in [0.5, 0.6) is 5.75 Å². The second-order valence-corrected chi connectivity index (χ2v) is 4.69. The maximum atomic E-state index is 10.5. The number of aromatic nitrogens is 2. The largest absolute Gasteiger partial charge is 0.496 e. The van der Waals surface area contributed by atoms with Crippen LogP contribution in [0.4, 0.5) is 11.5 Å². The molecule has 2 heterocycles. The summed E-state index contributed by atoms with van der Waals surface area (Å²) in [4.78, 5) is 18.8. The summed E-state index contributed by atoms with van der Waals surface area (Å²) in [6.07, 6.45) is 5.63. The van der Waals surface area contributed by atoms with E-state index < -0.39 is 0 Å². The Morgan fingerprint density at radius 3 is 2.91 bits per heavy atom. The average Bonchev–Trinajstić information content (AvgIpc) is 2.54. The van der Waals surface area contributed by atoms with Crippen LogP contribution in [-0.2, 0) is 4.79 Å². The fourth-order valence-electron chi connectivity index (χ4n) is 2.36. The monoisotopic (exact) mass is 294 g/mol. The second-order valence-electron chi connectivity index (χ2n) is 4.69. The van der Waals surface area contributed by atoms with Crippen LogP contribution in [0, 0.1) is 0 Å². The van der Waals surface area contributed by atoms with Gasteiger partial charge in [-0.15, -0.1) is 0 Å². The summed E-state index contributed by atoms with van der Waals surface area (Å²) in [5.74, 6) is 1.19. The van der Waals surface area contributed by atoms with E-state index in [1.807, 2.05) is 12.1 Å². The minimum Gasteiger partial charge on any atom is -0.496 e. The zero-order valence-corrected chi connectivity index (χ0v) is 11.9. The van der Waals surface area contributed by atoms with Gasteiger partial charge in [0.25, 0.3) is 0 Å². The van der Waals surface area contributed by atoms with Crippen LogP contribution in [0.15, 0.2) is 42.9 Å². The van der Waals surface area contributed by atoms with E-state index >= 15 is 0 Å². The Hall–Kier alpha value is -3.15. The number of pyridine rings is 2. The predicted molar refractivity (Wildman–Crippen MR) is 85.6 cm³/mol. The van der Waals surface area contributed by atoms with Crippen LogP contribution in [0.25, 0.3) is 21.9 Å². The zero-order chi connectivity index (χ0) is 15.5. The topological polar surface area (TPSA) is 90.1 Å². The van der Waals surface area contributed by atoms with Gasteiger partial charge in [-0.1, -0.05) is 0 Å². The molecule has 6 nitrogen and oxygen atoms in total. The number of amides is 1. The van der Waals surface area contributed by atoms with Gasteiger partial charge in [0.15, 0.2) is 0 Å². The molecule has 0 radical (unpaired) electrons. The summed E-state index contributed by atoms with van der Waals surface area (Å²) in [6, 6.07) is 7.38. The number of methoxy groups -OCH3 is 1. The maximum absolute atomic E-state index is 10.5. The first-order chi connectivity index (χ1) is 10.7. The number of benzene rings is 1. The first kappa shape index (κ1) is 13.8. The number of hydrogen-bond acceptors (Lipinski definition) is 5. The van der Waals surface area contributed by atoms with E-state index in [9.17, 15) is 4.79 Å². The van der Waals surface area contributed by atoms with Gasteiger partial charge in [-0.3, -0.25) is 9.78 Å². The van der Waals surface area contributed by atoms with Gasteiger partial charge in [-0.05, 0) is 35.2 Å². The highest BCUT2D eigenvalue weighted by Gasteiger charge is 2.09. The van der Waals surface area contributed by atoms with Crippen LogP contribution in [0.3, 0.4) is 0 Å². The third-order valence-electron chi connectivity index (χ3n) is 3.39. The second kappa shape index (κ2) is 5.69. The number of fused-ring (bicyclic) bond motifs is 1. The number of anilines is 2. The molecule has 1 aromatic carbocycles. The van der Waals surface area contributed by atoms with Gasteiger partial charge in [0.05, 0.1) is 7.11 Å². The number of rotatable bonds is 4. The lowest BCUT2D eigenvalue weighted by atomic mass is 10.0. The van der Waals surface area contributed by atoms with Crippen molar-refractivity contribution in [1.29, 1.82) is 0 Å². The van der Waals surface area contributed by atoms with Crippen LogP contribution in [-0.4, -0.2) is 23.5 Å². The van der Waals surface area contributed by atoms with Crippen molar-refractivity contribution in [2.24, 2.45) is 0 Å². The number of hydrogen-bond donors (Lipinski definition) is 2. The Balaban J connectivity index is 2.20. The van der Waals surface area contributed by atoms with Crippen LogP contribution in [0.2, 0.25) is 0 Å². The quantitative estimate of drug-likeness (QED) is 0.570. The fourth-order valence-corrected chi connectivity index (χ4v) is 2.36. The molecule has 6 heteroatoms. The number of ether oxygens (including phenoxy) is 1. The highest BCUT2D eigenvalue weighted by Crippen LogP contribution is 2.34. The molecule has 1 amide bonds. The van der Waals surface area contributed by atoms with Crippen molar-refractivity contribution in [3.8, 4) is 16.9 Å². The van der Waals surface area contributed by atoms with Crippen molar-refractivity contribution in [2.75, 3.05) is 18.2 Å². The molecule has 3 N–H and O–H groups in total. The molecule has 0 spiro atoms. The average molecular weight is 294 g/mol. The molecule has 0 aliphatic carbocycles. The smallest absolute Gasteiger partial charge is 0.212 e. The number of nitrogen functional groups attached to an aromatic ring is 1. The molecule has 22 heavy (non-hydrogen) atoms. The predicted octanol–water partition coefficient (Wildman–Crippen LogP) is 2.46. The number of nitrogens with two attached hydrogens (primary N) is 1. The minimum absolute atomic E-state index is 0.470. The van der Waals surface area contributed by atoms with E-state index in [-0.39, 0.29) is 0 Å². The molecular weight excluding hydrogens is 280 g/mol. The number of nitrogens with zero attached hydrogens (tertiary/aromatic N) is 2. The Kier molecular flexibility index (Phi) is 3.57. The fraction of sp³-hybridized carbons (Fsp3) is 0.0625. The van der Waals surface area contributed by atoms with Gasteiger partial charge >= 0.3 is 0 Å². The summed E-state index contributed by atoms with van der Waals surface area (Å²) in [7, 11) is 1.61. The Morgan fingerprint density at radius 2 is 2.14 bits per heavy atom. The third-order valence-corrected chi connectivity index (χ3v) is 3.39. The molecular formula is C16H14N4O2.